The van der Waals surface area contributed by atoms with Gasteiger partial charge in [-0.25, -0.2) is 4.57 Å². The lowest BCUT2D eigenvalue weighted by atomic mass is 10.1. The van der Waals surface area contributed by atoms with E-state index >= 15 is 0 Å². The fourth-order valence-corrected chi connectivity index (χ4v) is 6.20. The van der Waals surface area contributed by atoms with Gasteiger partial charge in [-0.3, -0.25) is 18.6 Å². The summed E-state index contributed by atoms with van der Waals surface area (Å²) in [6.45, 7) is 3.97. The number of hydrogen-bond acceptors (Lipinski definition) is 8. The molecular weight excluding hydrogens is 814 g/mol. The maximum Gasteiger partial charge on any atom is 0.472 e. The Morgan fingerprint density at radius 2 is 0.937 bits per heavy atom. The Morgan fingerprint density at radius 1 is 0.556 bits per heavy atom. The molecule has 10 nitrogen and oxygen atoms in total. The minimum atomic E-state index is -4.43. The number of quaternary nitrogens is 1. The van der Waals surface area contributed by atoms with Gasteiger partial charge in [-0.15, -0.1) is 0 Å². The summed E-state index contributed by atoms with van der Waals surface area (Å²) in [7, 11) is 1.36. The zero-order valence-corrected chi connectivity index (χ0v) is 40.1. The van der Waals surface area contributed by atoms with Gasteiger partial charge in [0.05, 0.1) is 40.0 Å². The molecule has 0 aromatic heterocycles. The Labute approximate surface area is 381 Å². The molecule has 11 heteroatoms. The number of ether oxygens (including phenoxy) is 3. The lowest BCUT2D eigenvalue weighted by Crippen LogP contribution is -2.37. The topological polar surface area (TPSA) is 121 Å². The van der Waals surface area contributed by atoms with Gasteiger partial charge < -0.3 is 23.6 Å². The third-order valence-electron chi connectivity index (χ3n) is 9.11. The number of epoxide rings is 1. The number of esters is 2. The smallest absolute Gasteiger partial charge is 0.462 e. The normalized spacial score (nSPS) is 17.9. The van der Waals surface area contributed by atoms with Crippen LogP contribution in [-0.2, 0) is 37.4 Å². The molecule has 0 aromatic carbocycles. The van der Waals surface area contributed by atoms with Crippen LogP contribution >= 0.6 is 7.82 Å². The monoisotopic (exact) mass is 895 g/mol. The van der Waals surface area contributed by atoms with Crippen LogP contribution in [0.4, 0.5) is 0 Å². The Bertz CT molecular complexity index is 1590. The summed E-state index contributed by atoms with van der Waals surface area (Å²) < 4.78 is 39.8. The maximum atomic E-state index is 12.7. The molecule has 3 unspecified atom stereocenters. The predicted octanol–water partition coefficient (Wildman–Crippen LogP) is 12.4. The number of rotatable bonds is 38. The van der Waals surface area contributed by atoms with Crippen molar-refractivity contribution in [3.8, 4) is 0 Å². The number of allylic oxidation sites excluding steroid dienone is 20. The van der Waals surface area contributed by atoms with Crippen LogP contribution < -0.4 is 0 Å². The zero-order valence-electron chi connectivity index (χ0n) is 39.2. The van der Waals surface area contributed by atoms with Gasteiger partial charge >= 0.3 is 19.8 Å². The van der Waals surface area contributed by atoms with E-state index in [1.807, 2.05) is 45.4 Å². The van der Waals surface area contributed by atoms with Crippen molar-refractivity contribution in [3.63, 3.8) is 0 Å². The van der Waals surface area contributed by atoms with Gasteiger partial charge in [-0.05, 0) is 89.9 Å². The zero-order chi connectivity index (χ0) is 46.1. The second-order valence-electron chi connectivity index (χ2n) is 16.1. The summed E-state index contributed by atoms with van der Waals surface area (Å²) in [5, 5.41) is 0. The number of carbonyl (C=O) groups excluding carboxylic acids is 2. The van der Waals surface area contributed by atoms with Crippen LogP contribution in [0.15, 0.2) is 134 Å². The van der Waals surface area contributed by atoms with Crippen LogP contribution in [-0.4, -0.2) is 87.1 Å². The minimum Gasteiger partial charge on any atom is -0.462 e. The number of carbonyl (C=O) groups is 2. The third kappa shape index (κ3) is 39.4. The van der Waals surface area contributed by atoms with Crippen molar-refractivity contribution < 1.29 is 46.8 Å². The first-order valence-electron chi connectivity index (χ1n) is 23.0. The quantitative estimate of drug-likeness (QED) is 0.0212. The van der Waals surface area contributed by atoms with E-state index in [9.17, 15) is 19.0 Å². The molecule has 1 heterocycles. The Morgan fingerprint density at radius 3 is 1.38 bits per heavy atom. The summed E-state index contributed by atoms with van der Waals surface area (Å²) in [5.74, 6) is -1.02. The van der Waals surface area contributed by atoms with Crippen LogP contribution in [0.25, 0.3) is 0 Å². The standard InChI is InChI=1S/C52H80NO9P/c1-6-8-10-11-12-13-14-15-16-17-18-19-20-21-26-29-32-35-39-43-52(55)61-48(47-60-63(56,57)59-45-44-53(3,4)5)46-58-51(54)42-38-34-31-28-25-23-22-24-27-30-33-37-41-50-49(62-50)40-36-9-7-2/h8-10,12-13,15-16,18-19,21,23-27,31-37,48-50H,6-7,11,14,17,20,22,28-30,38-47H2,1-5H3/p+1/b10-8-,13-12-,16-15-,19-18-,25-23-,26-21-,27-24-,34-31-,35-32-,36-9-,37-33-/t48-,49?,50?/m1/s1. The van der Waals surface area contributed by atoms with Crippen LogP contribution in [0.1, 0.15) is 117 Å². The van der Waals surface area contributed by atoms with E-state index in [0.29, 0.717) is 36.1 Å². The lowest BCUT2D eigenvalue weighted by molar-refractivity contribution is -0.870. The highest BCUT2D eigenvalue weighted by Gasteiger charge is 2.36. The van der Waals surface area contributed by atoms with Crippen LogP contribution in [0.5, 0.6) is 0 Å². The van der Waals surface area contributed by atoms with E-state index < -0.39 is 32.5 Å². The number of phosphoric ester groups is 1. The molecule has 0 bridgehead atoms. The maximum absolute atomic E-state index is 12.7. The van der Waals surface area contributed by atoms with Gasteiger partial charge in [0.1, 0.15) is 19.8 Å². The second-order valence-corrected chi connectivity index (χ2v) is 17.5. The molecule has 63 heavy (non-hydrogen) atoms. The first kappa shape index (κ1) is 57.1. The first-order valence-corrected chi connectivity index (χ1v) is 24.5. The van der Waals surface area contributed by atoms with E-state index in [-0.39, 0.29) is 26.1 Å². The largest absolute Gasteiger partial charge is 0.472 e. The van der Waals surface area contributed by atoms with Crippen molar-refractivity contribution in [1.82, 2.24) is 0 Å². The van der Waals surface area contributed by atoms with Crippen LogP contribution in [0.3, 0.4) is 0 Å². The number of hydrogen-bond donors (Lipinski definition) is 1. The van der Waals surface area contributed by atoms with Crippen molar-refractivity contribution in [2.45, 2.75) is 135 Å². The molecule has 1 aliphatic rings. The summed E-state index contributed by atoms with van der Waals surface area (Å²) in [6.07, 6.45) is 58.6. The Hall–Kier alpha value is -3.89. The number of nitrogens with zero attached hydrogens (tertiary/aromatic N) is 1. The van der Waals surface area contributed by atoms with Gasteiger partial charge in [-0.2, -0.15) is 0 Å². The van der Waals surface area contributed by atoms with Crippen LogP contribution in [0.2, 0.25) is 0 Å². The highest BCUT2D eigenvalue weighted by atomic mass is 31.2. The molecule has 0 saturated carbocycles. The van der Waals surface area contributed by atoms with Crippen molar-refractivity contribution >= 4 is 19.8 Å². The van der Waals surface area contributed by atoms with Gasteiger partial charge in [-0.1, -0.05) is 148 Å². The fraction of sp³-hybridized carbons (Fsp3) is 0.538. The summed E-state index contributed by atoms with van der Waals surface area (Å²) >= 11 is 0. The van der Waals surface area contributed by atoms with E-state index in [1.54, 1.807) is 0 Å². The van der Waals surface area contributed by atoms with E-state index in [4.69, 9.17) is 23.3 Å². The molecule has 0 spiro atoms. The summed E-state index contributed by atoms with van der Waals surface area (Å²) in [4.78, 5) is 35.4. The minimum absolute atomic E-state index is 0.00368. The third-order valence-corrected chi connectivity index (χ3v) is 10.1. The average Bonchev–Trinajstić information content (AvgIpc) is 3.99. The molecule has 1 N–H and O–H groups in total. The molecular formula is C52H81NO9P+. The number of phosphoric acid groups is 1. The molecule has 4 atom stereocenters. The Balaban J connectivity index is 2.38. The summed E-state index contributed by atoms with van der Waals surface area (Å²) in [6, 6.07) is 0. The SMILES string of the molecule is CC/C=C\C/C=C\C/C=C\C/C=C\C/C=C\C/C=C\CCC(=O)O[C@H](COC(=O)CC/C=C\C/C=C\C/C=C\C/C=C\CC1OC1C/C=C\CC)COP(=O)(O)OCC[N+](C)(C)C. The highest BCUT2D eigenvalue weighted by Crippen LogP contribution is 2.43. The molecule has 352 valence electrons. The van der Waals surface area contributed by atoms with Crippen LogP contribution in [0, 0.1) is 0 Å². The van der Waals surface area contributed by atoms with Crippen molar-refractivity contribution in [3.05, 3.63) is 134 Å². The fourth-order valence-electron chi connectivity index (χ4n) is 5.46. The van der Waals surface area contributed by atoms with Gasteiger partial charge in [0.25, 0.3) is 0 Å². The molecule has 1 fully saturated rings. The molecule has 0 aromatic rings. The first-order chi connectivity index (χ1) is 30.5. The average molecular weight is 895 g/mol. The van der Waals surface area contributed by atoms with Gasteiger partial charge in [0.15, 0.2) is 6.10 Å². The van der Waals surface area contributed by atoms with Crippen molar-refractivity contribution in [2.75, 3.05) is 47.5 Å². The lowest BCUT2D eigenvalue weighted by Gasteiger charge is -2.24. The van der Waals surface area contributed by atoms with Gasteiger partial charge in [0, 0.05) is 12.8 Å². The van der Waals surface area contributed by atoms with E-state index in [0.717, 1.165) is 77.0 Å². The number of likely N-dealkylation sites (N-methyl/N-ethyl adjacent to an activating group) is 1. The van der Waals surface area contributed by atoms with E-state index in [1.165, 1.54) is 0 Å². The molecule has 1 aliphatic heterocycles. The molecule has 1 rings (SSSR count). The molecule has 0 radical (unpaired) electrons. The van der Waals surface area contributed by atoms with Gasteiger partial charge in [0.2, 0.25) is 0 Å². The second kappa shape index (κ2) is 38.6. The van der Waals surface area contributed by atoms with Crippen molar-refractivity contribution in [2.24, 2.45) is 0 Å². The van der Waals surface area contributed by atoms with Crippen molar-refractivity contribution in [1.29, 1.82) is 0 Å². The highest BCUT2D eigenvalue weighted by molar-refractivity contribution is 7.47. The predicted molar refractivity (Wildman–Crippen MR) is 260 cm³/mol. The molecule has 0 amide bonds. The van der Waals surface area contributed by atoms with E-state index in [2.05, 4.69) is 123 Å². The Kier molecular flexibility index (Phi) is 35.0. The summed E-state index contributed by atoms with van der Waals surface area (Å²) in [5.41, 5.74) is 0. The molecule has 0 aliphatic carbocycles. The molecule has 1 saturated heterocycles.